The van der Waals surface area contributed by atoms with Crippen LogP contribution in [0.4, 0.5) is 11.5 Å². The molecular weight excluding hydrogens is 250 g/mol. The molecule has 2 aromatic heterocycles. The lowest BCUT2D eigenvalue weighted by molar-refractivity contribution is 0.934. The van der Waals surface area contributed by atoms with E-state index in [1.165, 1.54) is 5.56 Å². The smallest absolute Gasteiger partial charge is 0.153 e. The van der Waals surface area contributed by atoms with Crippen molar-refractivity contribution in [2.75, 3.05) is 5.32 Å². The minimum absolute atomic E-state index is 0.421. The fraction of sp³-hybridized carbons (Fsp3) is 0.200. The van der Waals surface area contributed by atoms with Gasteiger partial charge in [0.2, 0.25) is 0 Å². The lowest BCUT2D eigenvalue weighted by Crippen LogP contribution is -1.98. The molecule has 5 nitrogen and oxygen atoms in total. The summed E-state index contributed by atoms with van der Waals surface area (Å²) in [6.45, 7) is 2.57. The monoisotopic (exact) mass is 267 g/mol. The summed E-state index contributed by atoms with van der Waals surface area (Å²) in [6, 6.07) is 12.2. The van der Waals surface area contributed by atoms with Gasteiger partial charge in [0.1, 0.15) is 0 Å². The van der Waals surface area contributed by atoms with E-state index in [0.29, 0.717) is 6.54 Å². The van der Waals surface area contributed by atoms with Gasteiger partial charge in [0.25, 0.3) is 0 Å². The van der Waals surface area contributed by atoms with Crippen molar-refractivity contribution >= 4 is 17.2 Å². The molecule has 0 radical (unpaired) electrons. The van der Waals surface area contributed by atoms with E-state index < -0.39 is 0 Å². The number of benzene rings is 1. The Morgan fingerprint density at radius 1 is 1.15 bits per heavy atom. The van der Waals surface area contributed by atoms with E-state index in [4.69, 9.17) is 5.73 Å². The molecule has 0 saturated carbocycles. The Bertz CT molecular complexity index is 715. The predicted molar refractivity (Wildman–Crippen MR) is 80.0 cm³/mol. The van der Waals surface area contributed by atoms with E-state index in [1.807, 2.05) is 18.3 Å². The third kappa shape index (κ3) is 2.48. The normalized spacial score (nSPS) is 10.9. The van der Waals surface area contributed by atoms with Crippen LogP contribution in [0.2, 0.25) is 0 Å². The number of aryl methyl sites for hydroxylation is 1. The Morgan fingerprint density at radius 3 is 2.65 bits per heavy atom. The number of imidazole rings is 1. The summed E-state index contributed by atoms with van der Waals surface area (Å²) < 4.78 is 1.74. The zero-order valence-electron chi connectivity index (χ0n) is 11.4. The molecular formula is C15H17N5. The Labute approximate surface area is 117 Å². The van der Waals surface area contributed by atoms with Crippen LogP contribution in [0.15, 0.2) is 42.6 Å². The molecule has 3 aromatic rings. The number of nitrogens with two attached hydrogens (primary N) is 1. The highest BCUT2D eigenvalue weighted by atomic mass is 15.3. The summed E-state index contributed by atoms with van der Waals surface area (Å²) >= 11 is 0. The highest BCUT2D eigenvalue weighted by Gasteiger charge is 2.03. The molecule has 20 heavy (non-hydrogen) atoms. The Hall–Kier alpha value is -2.40. The summed E-state index contributed by atoms with van der Waals surface area (Å²) in [5.41, 5.74) is 9.56. The first-order valence-corrected chi connectivity index (χ1v) is 6.70. The van der Waals surface area contributed by atoms with Crippen LogP contribution >= 0.6 is 0 Å². The number of nitrogens with zero attached hydrogens (tertiary/aromatic N) is 3. The van der Waals surface area contributed by atoms with Crippen LogP contribution < -0.4 is 11.1 Å². The van der Waals surface area contributed by atoms with Crippen molar-refractivity contribution in [2.24, 2.45) is 5.73 Å². The zero-order valence-corrected chi connectivity index (χ0v) is 11.4. The topological polar surface area (TPSA) is 68.2 Å². The van der Waals surface area contributed by atoms with Crippen molar-refractivity contribution < 1.29 is 0 Å². The average molecular weight is 267 g/mol. The Morgan fingerprint density at radius 2 is 1.95 bits per heavy atom. The number of hydrogen-bond donors (Lipinski definition) is 2. The highest BCUT2D eigenvalue weighted by molar-refractivity contribution is 5.57. The molecule has 0 bridgehead atoms. The van der Waals surface area contributed by atoms with Crippen LogP contribution in [0.3, 0.4) is 0 Å². The minimum atomic E-state index is 0.421. The minimum Gasteiger partial charge on any atom is -0.339 e. The molecule has 0 fully saturated rings. The van der Waals surface area contributed by atoms with Gasteiger partial charge in [0.05, 0.1) is 11.9 Å². The highest BCUT2D eigenvalue weighted by Crippen LogP contribution is 2.16. The van der Waals surface area contributed by atoms with Gasteiger partial charge in [-0.2, -0.15) is 0 Å². The summed E-state index contributed by atoms with van der Waals surface area (Å²) in [5, 5.41) is 7.75. The summed E-state index contributed by atoms with van der Waals surface area (Å²) in [4.78, 5) is 4.35. The van der Waals surface area contributed by atoms with Crippen LogP contribution in [-0.4, -0.2) is 14.6 Å². The van der Waals surface area contributed by atoms with Crippen LogP contribution in [0.5, 0.6) is 0 Å². The van der Waals surface area contributed by atoms with E-state index in [2.05, 4.69) is 46.6 Å². The van der Waals surface area contributed by atoms with Crippen LogP contribution in [0, 0.1) is 0 Å². The molecule has 0 aliphatic carbocycles. The predicted octanol–water partition coefficient (Wildman–Crippen LogP) is 2.49. The molecule has 0 atom stereocenters. The number of nitrogens with one attached hydrogen (secondary N) is 1. The third-order valence-corrected chi connectivity index (χ3v) is 3.21. The largest absolute Gasteiger partial charge is 0.339 e. The molecule has 0 aliphatic rings. The molecule has 0 aliphatic heterocycles. The number of rotatable bonds is 4. The Kier molecular flexibility index (Phi) is 3.35. The van der Waals surface area contributed by atoms with Gasteiger partial charge in [-0.1, -0.05) is 19.1 Å². The van der Waals surface area contributed by atoms with E-state index in [0.717, 1.165) is 29.3 Å². The van der Waals surface area contributed by atoms with Gasteiger partial charge in [-0.3, -0.25) is 0 Å². The second-order valence-corrected chi connectivity index (χ2v) is 4.63. The Balaban J connectivity index is 1.85. The first-order valence-electron chi connectivity index (χ1n) is 6.70. The first-order chi connectivity index (χ1) is 9.78. The molecule has 5 heteroatoms. The SMILES string of the molecule is CCc1ccc(Nc2ccc3nc(CN)cn3n2)cc1. The average Bonchev–Trinajstić information content (AvgIpc) is 2.90. The second kappa shape index (κ2) is 5.30. The van der Waals surface area contributed by atoms with E-state index >= 15 is 0 Å². The molecule has 0 unspecified atom stereocenters. The van der Waals surface area contributed by atoms with Crippen molar-refractivity contribution in [3.63, 3.8) is 0 Å². The molecule has 2 heterocycles. The molecule has 0 saturated heterocycles. The molecule has 0 spiro atoms. The summed E-state index contributed by atoms with van der Waals surface area (Å²) in [7, 11) is 0. The summed E-state index contributed by atoms with van der Waals surface area (Å²) in [6.07, 6.45) is 2.89. The van der Waals surface area contributed by atoms with Gasteiger partial charge >= 0.3 is 0 Å². The maximum Gasteiger partial charge on any atom is 0.153 e. The van der Waals surface area contributed by atoms with Crippen molar-refractivity contribution in [3.05, 3.63) is 53.9 Å². The van der Waals surface area contributed by atoms with E-state index in [1.54, 1.807) is 4.52 Å². The maximum atomic E-state index is 5.58. The fourth-order valence-electron chi connectivity index (χ4n) is 2.07. The van der Waals surface area contributed by atoms with Gasteiger partial charge in [0, 0.05) is 12.2 Å². The van der Waals surface area contributed by atoms with E-state index in [9.17, 15) is 0 Å². The van der Waals surface area contributed by atoms with Crippen molar-refractivity contribution in [1.82, 2.24) is 14.6 Å². The fourth-order valence-corrected chi connectivity index (χ4v) is 2.07. The van der Waals surface area contributed by atoms with Crippen molar-refractivity contribution in [2.45, 2.75) is 19.9 Å². The van der Waals surface area contributed by atoms with Gasteiger partial charge < -0.3 is 11.1 Å². The van der Waals surface area contributed by atoms with Crippen LogP contribution in [0.1, 0.15) is 18.2 Å². The van der Waals surface area contributed by atoms with Gasteiger partial charge in [0.15, 0.2) is 11.5 Å². The first kappa shape index (κ1) is 12.6. The number of hydrogen-bond acceptors (Lipinski definition) is 4. The lowest BCUT2D eigenvalue weighted by Gasteiger charge is -2.06. The van der Waals surface area contributed by atoms with Gasteiger partial charge in [-0.15, -0.1) is 5.10 Å². The molecule has 102 valence electrons. The van der Waals surface area contributed by atoms with Crippen molar-refractivity contribution in [3.8, 4) is 0 Å². The van der Waals surface area contributed by atoms with Crippen molar-refractivity contribution in [1.29, 1.82) is 0 Å². The van der Waals surface area contributed by atoms with Gasteiger partial charge in [-0.25, -0.2) is 9.50 Å². The zero-order chi connectivity index (χ0) is 13.9. The number of fused-ring (bicyclic) bond motifs is 1. The lowest BCUT2D eigenvalue weighted by atomic mass is 10.1. The number of anilines is 2. The molecule has 1 aromatic carbocycles. The van der Waals surface area contributed by atoms with E-state index in [-0.39, 0.29) is 0 Å². The third-order valence-electron chi connectivity index (χ3n) is 3.21. The maximum absolute atomic E-state index is 5.58. The quantitative estimate of drug-likeness (QED) is 0.762. The second-order valence-electron chi connectivity index (χ2n) is 4.63. The van der Waals surface area contributed by atoms with Crippen LogP contribution in [0.25, 0.3) is 5.65 Å². The molecule has 3 rings (SSSR count). The van der Waals surface area contributed by atoms with Crippen LogP contribution in [-0.2, 0) is 13.0 Å². The standard InChI is InChI=1S/C15H17N5/c1-2-11-3-5-12(6-4-11)17-14-7-8-15-18-13(9-16)10-20(15)19-14/h3-8,10H,2,9,16H2,1H3,(H,17,19). The summed E-state index contributed by atoms with van der Waals surface area (Å²) in [5.74, 6) is 0.780. The number of aromatic nitrogens is 3. The molecule has 3 N–H and O–H groups in total. The molecule has 0 amide bonds. The van der Waals surface area contributed by atoms with Gasteiger partial charge in [-0.05, 0) is 36.2 Å².